The molecular formula is C19H27ClN4O3. The van der Waals surface area contributed by atoms with Crippen molar-refractivity contribution in [3.63, 3.8) is 0 Å². The van der Waals surface area contributed by atoms with Crippen LogP contribution in [0.5, 0.6) is 0 Å². The van der Waals surface area contributed by atoms with E-state index in [1.165, 1.54) is 0 Å². The van der Waals surface area contributed by atoms with Crippen molar-refractivity contribution >= 4 is 29.1 Å². The lowest BCUT2D eigenvalue weighted by atomic mass is 10.2. The first kappa shape index (κ1) is 20.1. The van der Waals surface area contributed by atoms with Crippen LogP contribution in [0.15, 0.2) is 24.3 Å². The first-order chi connectivity index (χ1) is 13.1. The molecule has 8 heteroatoms. The van der Waals surface area contributed by atoms with Gasteiger partial charge in [-0.15, -0.1) is 0 Å². The number of hydrogen-bond donors (Lipinski definition) is 2. The Kier molecular flexibility index (Phi) is 7.46. The second kappa shape index (κ2) is 10.0. The Bertz CT molecular complexity index is 644. The van der Waals surface area contributed by atoms with Crippen LogP contribution in [-0.2, 0) is 14.3 Å². The van der Waals surface area contributed by atoms with Gasteiger partial charge in [0.05, 0.1) is 29.9 Å². The van der Waals surface area contributed by atoms with E-state index in [-0.39, 0.29) is 17.9 Å². The topological polar surface area (TPSA) is 73.9 Å². The Morgan fingerprint density at radius 1 is 1.07 bits per heavy atom. The molecule has 0 unspecified atom stereocenters. The maximum Gasteiger partial charge on any atom is 0.238 e. The van der Waals surface area contributed by atoms with Gasteiger partial charge in [0, 0.05) is 39.3 Å². The van der Waals surface area contributed by atoms with Gasteiger partial charge in [-0.05, 0) is 25.0 Å². The highest BCUT2D eigenvalue weighted by Gasteiger charge is 2.22. The number of halogens is 1. The van der Waals surface area contributed by atoms with Crippen LogP contribution < -0.4 is 10.6 Å². The number of amides is 2. The van der Waals surface area contributed by atoms with E-state index in [0.29, 0.717) is 30.3 Å². The zero-order valence-corrected chi connectivity index (χ0v) is 16.2. The number of para-hydroxylation sites is 1. The van der Waals surface area contributed by atoms with Crippen molar-refractivity contribution in [1.29, 1.82) is 0 Å². The van der Waals surface area contributed by atoms with Gasteiger partial charge >= 0.3 is 0 Å². The van der Waals surface area contributed by atoms with Crippen LogP contribution in [0.3, 0.4) is 0 Å². The van der Waals surface area contributed by atoms with Crippen LogP contribution in [0.4, 0.5) is 5.69 Å². The first-order valence-electron chi connectivity index (χ1n) is 9.47. The molecule has 2 heterocycles. The number of benzene rings is 1. The minimum Gasteiger partial charge on any atom is -0.376 e. The molecule has 2 saturated heterocycles. The van der Waals surface area contributed by atoms with Crippen molar-refractivity contribution < 1.29 is 14.3 Å². The van der Waals surface area contributed by atoms with E-state index in [1.54, 1.807) is 12.1 Å². The lowest BCUT2D eigenvalue weighted by Crippen LogP contribution is -2.51. The van der Waals surface area contributed by atoms with E-state index in [1.807, 2.05) is 12.1 Å². The van der Waals surface area contributed by atoms with Crippen molar-refractivity contribution in [3.05, 3.63) is 29.3 Å². The molecule has 2 aliphatic heterocycles. The van der Waals surface area contributed by atoms with Crippen molar-refractivity contribution in [2.75, 3.05) is 57.7 Å². The predicted octanol–water partition coefficient (Wildman–Crippen LogP) is 1.19. The summed E-state index contributed by atoms with van der Waals surface area (Å²) in [7, 11) is 0. The third-order valence-corrected chi connectivity index (χ3v) is 5.23. The summed E-state index contributed by atoms with van der Waals surface area (Å²) in [5.74, 6) is -0.0405. The van der Waals surface area contributed by atoms with Gasteiger partial charge in [0.1, 0.15) is 0 Å². The van der Waals surface area contributed by atoms with Crippen LogP contribution in [0.1, 0.15) is 12.8 Å². The Morgan fingerprint density at radius 3 is 2.37 bits per heavy atom. The quantitative estimate of drug-likeness (QED) is 0.726. The third-order valence-electron chi connectivity index (χ3n) is 4.90. The second-order valence-corrected chi connectivity index (χ2v) is 7.43. The largest absolute Gasteiger partial charge is 0.376 e. The summed E-state index contributed by atoms with van der Waals surface area (Å²) in [6.07, 6.45) is 2.27. The summed E-state index contributed by atoms with van der Waals surface area (Å²) >= 11 is 6.07. The average molecular weight is 395 g/mol. The highest BCUT2D eigenvalue weighted by Crippen LogP contribution is 2.20. The van der Waals surface area contributed by atoms with Gasteiger partial charge < -0.3 is 15.4 Å². The molecule has 148 valence electrons. The highest BCUT2D eigenvalue weighted by atomic mass is 35.5. The fraction of sp³-hybridized carbons (Fsp3) is 0.579. The molecule has 2 aliphatic rings. The lowest BCUT2D eigenvalue weighted by Gasteiger charge is -2.33. The third kappa shape index (κ3) is 6.46. The Balaban J connectivity index is 1.33. The van der Waals surface area contributed by atoms with Gasteiger partial charge in [-0.3, -0.25) is 19.4 Å². The maximum atomic E-state index is 12.2. The van der Waals surface area contributed by atoms with Crippen LogP contribution in [0.2, 0.25) is 5.02 Å². The van der Waals surface area contributed by atoms with Crippen LogP contribution in [0, 0.1) is 0 Å². The van der Waals surface area contributed by atoms with Crippen LogP contribution >= 0.6 is 11.6 Å². The van der Waals surface area contributed by atoms with Crippen molar-refractivity contribution in [2.45, 2.75) is 18.9 Å². The van der Waals surface area contributed by atoms with Crippen LogP contribution in [0.25, 0.3) is 0 Å². The molecule has 0 aliphatic carbocycles. The summed E-state index contributed by atoms with van der Waals surface area (Å²) < 4.78 is 5.51. The monoisotopic (exact) mass is 394 g/mol. The standard InChI is InChI=1S/C19H27ClN4O3/c20-16-5-1-2-6-17(16)22-19(26)14-24-9-7-23(8-10-24)13-18(25)21-12-15-4-3-11-27-15/h1-2,5-6,15H,3-4,7-14H2,(H,21,25)(H,22,26)/t15-/m1/s1. The summed E-state index contributed by atoms with van der Waals surface area (Å²) in [5, 5.41) is 6.33. The van der Waals surface area contributed by atoms with E-state index < -0.39 is 0 Å². The fourth-order valence-electron chi connectivity index (χ4n) is 3.35. The lowest BCUT2D eigenvalue weighted by molar-refractivity contribution is -0.124. The number of rotatable bonds is 7. The van der Waals surface area contributed by atoms with Gasteiger partial charge in [0.15, 0.2) is 0 Å². The molecule has 2 amide bonds. The first-order valence-corrected chi connectivity index (χ1v) is 9.85. The van der Waals surface area contributed by atoms with E-state index >= 15 is 0 Å². The van der Waals surface area contributed by atoms with Gasteiger partial charge in [-0.25, -0.2) is 0 Å². The molecule has 3 rings (SSSR count). The molecule has 2 N–H and O–H groups in total. The molecule has 27 heavy (non-hydrogen) atoms. The zero-order valence-electron chi connectivity index (χ0n) is 15.5. The Labute approximate surface area is 165 Å². The van der Waals surface area contributed by atoms with E-state index in [2.05, 4.69) is 20.4 Å². The normalized spacial score (nSPS) is 21.1. The molecule has 0 saturated carbocycles. The number of carbonyl (C=O) groups excluding carboxylic acids is 2. The van der Waals surface area contributed by atoms with E-state index in [0.717, 1.165) is 45.6 Å². The van der Waals surface area contributed by atoms with Crippen molar-refractivity contribution in [3.8, 4) is 0 Å². The number of piperazine rings is 1. The van der Waals surface area contributed by atoms with E-state index in [4.69, 9.17) is 16.3 Å². The van der Waals surface area contributed by atoms with Gasteiger partial charge in [0.2, 0.25) is 11.8 Å². The number of nitrogens with zero attached hydrogens (tertiary/aromatic N) is 2. The summed E-state index contributed by atoms with van der Waals surface area (Å²) in [4.78, 5) is 28.5. The Hall–Kier alpha value is -1.67. The van der Waals surface area contributed by atoms with E-state index in [9.17, 15) is 9.59 Å². The van der Waals surface area contributed by atoms with Crippen LogP contribution in [-0.4, -0.2) is 80.1 Å². The zero-order chi connectivity index (χ0) is 19.1. The van der Waals surface area contributed by atoms with Gasteiger partial charge in [-0.2, -0.15) is 0 Å². The minimum absolute atomic E-state index is 0.0374. The molecule has 2 fully saturated rings. The number of nitrogens with one attached hydrogen (secondary N) is 2. The molecule has 0 spiro atoms. The van der Waals surface area contributed by atoms with Crippen molar-refractivity contribution in [2.24, 2.45) is 0 Å². The molecule has 0 bridgehead atoms. The molecule has 1 atom stereocenters. The second-order valence-electron chi connectivity index (χ2n) is 7.02. The molecular weight excluding hydrogens is 368 g/mol. The Morgan fingerprint density at radius 2 is 1.74 bits per heavy atom. The predicted molar refractivity (Wildman–Crippen MR) is 105 cm³/mol. The van der Waals surface area contributed by atoms with Gasteiger partial charge in [-0.1, -0.05) is 23.7 Å². The molecule has 0 aromatic heterocycles. The molecule has 0 radical (unpaired) electrons. The molecule has 1 aromatic carbocycles. The number of ether oxygens (including phenoxy) is 1. The smallest absolute Gasteiger partial charge is 0.238 e. The molecule has 1 aromatic rings. The highest BCUT2D eigenvalue weighted by molar-refractivity contribution is 6.33. The minimum atomic E-state index is -0.0779. The average Bonchev–Trinajstić information content (AvgIpc) is 3.17. The summed E-state index contributed by atoms with van der Waals surface area (Å²) in [5.41, 5.74) is 0.630. The summed E-state index contributed by atoms with van der Waals surface area (Å²) in [6.45, 7) is 5.17. The van der Waals surface area contributed by atoms with Gasteiger partial charge in [0.25, 0.3) is 0 Å². The fourth-order valence-corrected chi connectivity index (χ4v) is 3.54. The number of anilines is 1. The number of carbonyl (C=O) groups is 2. The van der Waals surface area contributed by atoms with Crippen molar-refractivity contribution in [1.82, 2.24) is 15.1 Å². The number of hydrogen-bond acceptors (Lipinski definition) is 5. The summed E-state index contributed by atoms with van der Waals surface area (Å²) in [6, 6.07) is 7.20. The SMILES string of the molecule is O=C(CN1CCN(CC(=O)Nc2ccccc2Cl)CC1)NC[C@H]1CCCO1. The molecule has 7 nitrogen and oxygen atoms in total. The maximum absolute atomic E-state index is 12.2.